The van der Waals surface area contributed by atoms with E-state index in [1.807, 2.05) is 0 Å². The SMILES string of the molecule is C=CC12C3[C@@H]4C[C@@H]5C6C7[C@@H]8[C@@H]5[C@@H]4[C@@H]1[C@@H]8[C@@H]1[C@@H]7[C@H]4[C@H]([C@H]12)[C@H]3C[C@@H]64. The molecule has 22 heavy (non-hydrogen) atoms. The minimum atomic E-state index is 0.686. The van der Waals surface area contributed by atoms with Crippen LogP contribution in [0.1, 0.15) is 12.8 Å². The molecule has 0 aromatic rings. The van der Waals surface area contributed by atoms with E-state index in [0.717, 1.165) is 17.8 Å². The molecule has 0 heteroatoms. The molecule has 0 bridgehead atoms. The molecule has 0 spiro atoms. The van der Waals surface area contributed by atoms with Gasteiger partial charge in [-0.15, -0.1) is 6.58 Å². The molecule has 10 aliphatic rings. The van der Waals surface area contributed by atoms with Gasteiger partial charge in [-0.3, -0.25) is 0 Å². The quantitative estimate of drug-likeness (QED) is 0.647. The second kappa shape index (κ2) is 2.26. The molecular formula is C22H24. The third kappa shape index (κ3) is 0.509. The molecule has 4 unspecified atom stereocenters. The summed E-state index contributed by atoms with van der Waals surface area (Å²) >= 11 is 0. The summed E-state index contributed by atoms with van der Waals surface area (Å²) < 4.78 is 0. The fourth-order valence-electron chi connectivity index (χ4n) is 14.7. The molecule has 0 amide bonds. The van der Waals surface area contributed by atoms with Gasteiger partial charge < -0.3 is 0 Å². The van der Waals surface area contributed by atoms with Crippen molar-refractivity contribution in [1.82, 2.24) is 0 Å². The van der Waals surface area contributed by atoms with Crippen molar-refractivity contribution in [2.24, 2.45) is 106 Å². The van der Waals surface area contributed by atoms with E-state index in [2.05, 4.69) is 12.7 Å². The van der Waals surface area contributed by atoms with Crippen LogP contribution in [0.4, 0.5) is 0 Å². The van der Waals surface area contributed by atoms with E-state index in [-0.39, 0.29) is 0 Å². The molecule has 0 nitrogen and oxygen atoms in total. The highest BCUT2D eigenvalue weighted by Crippen LogP contribution is 2.99. The normalized spacial score (nSPS) is 94.8. The van der Waals surface area contributed by atoms with Crippen molar-refractivity contribution >= 4 is 0 Å². The molecule has 10 saturated carbocycles. The van der Waals surface area contributed by atoms with Crippen molar-refractivity contribution < 1.29 is 0 Å². The monoisotopic (exact) mass is 288 g/mol. The Balaban J connectivity index is 1.48. The van der Waals surface area contributed by atoms with Crippen LogP contribution in [0.2, 0.25) is 0 Å². The molecule has 0 aliphatic heterocycles. The van der Waals surface area contributed by atoms with Gasteiger partial charge >= 0.3 is 0 Å². The number of hydrogen-bond donors (Lipinski definition) is 0. The summed E-state index contributed by atoms with van der Waals surface area (Å²) in [7, 11) is 0. The zero-order chi connectivity index (χ0) is 13.4. The Labute approximate surface area is 132 Å². The molecule has 0 saturated heterocycles. The highest BCUT2D eigenvalue weighted by atomic mass is 15.0. The van der Waals surface area contributed by atoms with E-state index in [4.69, 9.17) is 0 Å². The Bertz CT molecular complexity index is 677. The van der Waals surface area contributed by atoms with Crippen LogP contribution < -0.4 is 0 Å². The molecule has 18 atom stereocenters. The topological polar surface area (TPSA) is 0 Å². The zero-order valence-electron chi connectivity index (χ0n) is 13.0. The summed E-state index contributed by atoms with van der Waals surface area (Å²) in [6.45, 7) is 4.55. The summed E-state index contributed by atoms with van der Waals surface area (Å²) in [5.41, 5.74) is 0.686. The van der Waals surface area contributed by atoms with E-state index in [1.165, 1.54) is 82.9 Å². The van der Waals surface area contributed by atoms with Gasteiger partial charge in [0.1, 0.15) is 0 Å². The fourth-order valence-corrected chi connectivity index (χ4v) is 14.7. The first-order chi connectivity index (χ1) is 10.9. The van der Waals surface area contributed by atoms with Crippen LogP contribution >= 0.6 is 0 Å². The van der Waals surface area contributed by atoms with E-state index >= 15 is 0 Å². The highest BCUT2D eigenvalue weighted by Gasteiger charge is 2.95. The van der Waals surface area contributed by atoms with Crippen molar-refractivity contribution in [3.63, 3.8) is 0 Å². The van der Waals surface area contributed by atoms with E-state index < -0.39 is 0 Å². The zero-order valence-corrected chi connectivity index (χ0v) is 13.0. The van der Waals surface area contributed by atoms with Gasteiger partial charge in [-0.1, -0.05) is 6.08 Å². The number of allylic oxidation sites excluding steroid dienone is 1. The second-order valence-corrected chi connectivity index (χ2v) is 11.7. The molecule has 112 valence electrons. The molecule has 10 aliphatic carbocycles. The minimum Gasteiger partial charge on any atom is -0.102 e. The average molecular weight is 288 g/mol. The lowest BCUT2D eigenvalue weighted by Gasteiger charge is -2.41. The van der Waals surface area contributed by atoms with Gasteiger partial charge in [0.25, 0.3) is 0 Å². The summed E-state index contributed by atoms with van der Waals surface area (Å²) in [6.07, 6.45) is 6.03. The summed E-state index contributed by atoms with van der Waals surface area (Å²) in [6, 6.07) is 0. The van der Waals surface area contributed by atoms with Crippen LogP contribution in [0.25, 0.3) is 0 Å². The Morgan fingerprint density at radius 1 is 0.545 bits per heavy atom. The smallest absolute Gasteiger partial charge is 0.00193 e. The van der Waals surface area contributed by atoms with Crippen molar-refractivity contribution in [3.05, 3.63) is 12.7 Å². The van der Waals surface area contributed by atoms with Gasteiger partial charge in [0.2, 0.25) is 0 Å². The molecule has 0 aromatic heterocycles. The Kier molecular flexibility index (Phi) is 1.02. The van der Waals surface area contributed by atoms with Crippen molar-refractivity contribution in [1.29, 1.82) is 0 Å². The summed E-state index contributed by atoms with van der Waals surface area (Å²) in [5, 5.41) is 0. The van der Waals surface area contributed by atoms with Crippen LogP contribution in [-0.2, 0) is 0 Å². The van der Waals surface area contributed by atoms with Crippen molar-refractivity contribution in [2.75, 3.05) is 0 Å². The van der Waals surface area contributed by atoms with Crippen molar-refractivity contribution in [2.45, 2.75) is 12.8 Å². The lowest BCUT2D eigenvalue weighted by molar-refractivity contribution is 0.0938. The largest absolute Gasteiger partial charge is 0.102 e. The molecule has 10 fully saturated rings. The molecule has 0 N–H and O–H groups in total. The molecule has 0 radical (unpaired) electrons. The van der Waals surface area contributed by atoms with Gasteiger partial charge in [-0.2, -0.15) is 0 Å². The Morgan fingerprint density at radius 2 is 1.09 bits per heavy atom. The van der Waals surface area contributed by atoms with Crippen LogP contribution in [0, 0.1) is 106 Å². The first-order valence-electron chi connectivity index (χ1n) is 10.5. The first-order valence-corrected chi connectivity index (χ1v) is 10.5. The average Bonchev–Trinajstić information content (AvgIpc) is 3.22. The maximum Gasteiger partial charge on any atom is -0.00193 e. The van der Waals surface area contributed by atoms with Crippen molar-refractivity contribution in [3.8, 4) is 0 Å². The number of fused-ring (bicyclic) bond motifs is 4. The molecular weight excluding hydrogens is 264 g/mol. The predicted octanol–water partition coefficient (Wildman–Crippen LogP) is 3.55. The second-order valence-electron chi connectivity index (χ2n) is 11.7. The number of hydrogen-bond acceptors (Lipinski definition) is 0. The maximum atomic E-state index is 4.55. The molecule has 0 heterocycles. The lowest BCUT2D eigenvalue weighted by Crippen LogP contribution is -2.36. The van der Waals surface area contributed by atoms with Crippen LogP contribution in [-0.4, -0.2) is 0 Å². The maximum absolute atomic E-state index is 4.55. The first kappa shape index (κ1) is 9.90. The Morgan fingerprint density at radius 3 is 1.64 bits per heavy atom. The third-order valence-corrected chi connectivity index (χ3v) is 13.2. The molecule has 10 rings (SSSR count). The third-order valence-electron chi connectivity index (χ3n) is 13.2. The van der Waals surface area contributed by atoms with Gasteiger partial charge in [0.05, 0.1) is 0 Å². The van der Waals surface area contributed by atoms with E-state index in [0.29, 0.717) is 5.41 Å². The van der Waals surface area contributed by atoms with Gasteiger partial charge in [0, 0.05) is 0 Å². The standard InChI is InChI=1S/C22H24/c1-2-22-19-7-3-5-9-6-4-8(19)13-11(6)16-14(9)15-10(5)12(7)20(22)17(15)18(16)21(13)22/h2,5-21H,1,3-4H2/t5-,6+,7-,8-,9?,10+,11-,12-,13-,14?,15+,16-,17+,18+,19?,20-,21-,22?/m1/s1. The van der Waals surface area contributed by atoms with Crippen LogP contribution in [0.3, 0.4) is 0 Å². The predicted molar refractivity (Wildman–Crippen MR) is 81.2 cm³/mol. The van der Waals surface area contributed by atoms with Crippen LogP contribution in [0.5, 0.6) is 0 Å². The van der Waals surface area contributed by atoms with Gasteiger partial charge in [-0.05, 0) is 119 Å². The lowest BCUT2D eigenvalue weighted by atomic mass is 9.63. The minimum absolute atomic E-state index is 0.686. The number of rotatable bonds is 1. The summed E-state index contributed by atoms with van der Waals surface area (Å²) in [4.78, 5) is 0. The van der Waals surface area contributed by atoms with Gasteiger partial charge in [0.15, 0.2) is 0 Å². The fraction of sp³-hybridized carbons (Fsp3) is 0.909. The molecule has 0 aromatic carbocycles. The Hall–Kier alpha value is -0.260. The summed E-state index contributed by atoms with van der Waals surface area (Å²) in [5.74, 6) is 20.6. The van der Waals surface area contributed by atoms with E-state index in [1.54, 1.807) is 12.8 Å². The van der Waals surface area contributed by atoms with E-state index in [9.17, 15) is 0 Å². The van der Waals surface area contributed by atoms with Gasteiger partial charge in [-0.25, -0.2) is 0 Å². The van der Waals surface area contributed by atoms with Crippen LogP contribution in [0.15, 0.2) is 12.7 Å². The highest BCUT2D eigenvalue weighted by molar-refractivity contribution is 5.44.